The third-order valence-electron chi connectivity index (χ3n) is 4.65. The number of esters is 2. The molecule has 0 unspecified atom stereocenters. The van der Waals surface area contributed by atoms with Gasteiger partial charge in [-0.05, 0) is 67.3 Å². The van der Waals surface area contributed by atoms with Crippen LogP contribution in [0.3, 0.4) is 0 Å². The summed E-state index contributed by atoms with van der Waals surface area (Å²) in [7, 11) is 0. The molecule has 182 valence electrons. The van der Waals surface area contributed by atoms with Gasteiger partial charge in [-0.3, -0.25) is 14.4 Å². The Balaban J connectivity index is 1.72. The number of carbonyl (C=O) groups excluding carboxylic acids is 4. The van der Waals surface area contributed by atoms with E-state index < -0.39 is 30.4 Å². The molecule has 0 atom stereocenters. The Bertz CT molecular complexity index is 1050. The first-order chi connectivity index (χ1) is 16.0. The summed E-state index contributed by atoms with van der Waals surface area (Å²) in [6.07, 6.45) is -0.279. The van der Waals surface area contributed by atoms with Gasteiger partial charge in [-0.2, -0.15) is 0 Å². The molecule has 0 spiro atoms. The fourth-order valence-electron chi connectivity index (χ4n) is 2.77. The third kappa shape index (κ3) is 8.97. The van der Waals surface area contributed by atoms with Gasteiger partial charge in [-0.25, -0.2) is 4.79 Å². The highest BCUT2D eigenvalue weighted by Crippen LogP contribution is 2.24. The van der Waals surface area contributed by atoms with Crippen LogP contribution in [0.4, 0.5) is 11.4 Å². The van der Waals surface area contributed by atoms with E-state index in [0.717, 1.165) is 15.6 Å². The maximum Gasteiger partial charge on any atom is 0.338 e. The molecular weight excluding hydrogens is 504 g/mol. The highest BCUT2D eigenvalue weighted by Gasteiger charge is 2.13. The van der Waals surface area contributed by atoms with Crippen molar-refractivity contribution in [3.05, 3.63) is 57.6 Å². The molecule has 0 saturated carbocycles. The van der Waals surface area contributed by atoms with E-state index in [1.54, 1.807) is 24.3 Å². The van der Waals surface area contributed by atoms with Crippen LogP contribution in [0.25, 0.3) is 0 Å². The minimum absolute atomic E-state index is 0.107. The lowest BCUT2D eigenvalue weighted by molar-refractivity contribution is -0.147. The molecule has 0 aliphatic rings. The summed E-state index contributed by atoms with van der Waals surface area (Å²) in [6.45, 7) is 7.54. The van der Waals surface area contributed by atoms with Crippen LogP contribution in [-0.2, 0) is 23.9 Å². The number of nitrogens with one attached hydrogen (secondary N) is 2. The lowest BCUT2D eigenvalue weighted by Gasteiger charge is -2.11. The molecule has 0 saturated heterocycles. The van der Waals surface area contributed by atoms with Gasteiger partial charge in [0.1, 0.15) is 0 Å². The van der Waals surface area contributed by atoms with Crippen molar-refractivity contribution in [2.45, 2.75) is 40.5 Å². The van der Waals surface area contributed by atoms with Crippen LogP contribution in [0.2, 0.25) is 0 Å². The average Bonchev–Trinajstić information content (AvgIpc) is 2.78. The summed E-state index contributed by atoms with van der Waals surface area (Å²) < 4.78 is 11.1. The molecule has 9 heteroatoms. The van der Waals surface area contributed by atoms with Gasteiger partial charge >= 0.3 is 11.9 Å². The van der Waals surface area contributed by atoms with E-state index in [1.165, 1.54) is 0 Å². The van der Waals surface area contributed by atoms with Crippen LogP contribution >= 0.6 is 15.9 Å². The Kier molecular flexibility index (Phi) is 10.2. The summed E-state index contributed by atoms with van der Waals surface area (Å²) in [5, 5.41) is 5.35. The van der Waals surface area contributed by atoms with Crippen molar-refractivity contribution in [3.63, 3.8) is 0 Å². The van der Waals surface area contributed by atoms with Crippen molar-refractivity contribution < 1.29 is 28.7 Å². The van der Waals surface area contributed by atoms with Crippen LogP contribution < -0.4 is 10.6 Å². The minimum Gasteiger partial charge on any atom is -0.462 e. The zero-order valence-electron chi connectivity index (χ0n) is 19.7. The predicted octanol–water partition coefficient (Wildman–Crippen LogP) is 4.78. The van der Waals surface area contributed by atoms with Crippen molar-refractivity contribution in [2.75, 3.05) is 23.8 Å². The third-order valence-corrected chi connectivity index (χ3v) is 5.51. The first kappa shape index (κ1) is 27.0. The average molecular weight is 533 g/mol. The van der Waals surface area contributed by atoms with E-state index in [2.05, 4.69) is 26.6 Å². The molecule has 2 aromatic carbocycles. The van der Waals surface area contributed by atoms with E-state index in [0.29, 0.717) is 23.5 Å². The number of anilines is 2. The summed E-state index contributed by atoms with van der Waals surface area (Å²) in [6, 6.07) is 9.99. The van der Waals surface area contributed by atoms with Gasteiger partial charge in [0.05, 0.1) is 18.6 Å². The molecule has 0 aliphatic heterocycles. The van der Waals surface area contributed by atoms with Crippen molar-refractivity contribution in [2.24, 2.45) is 5.92 Å². The van der Waals surface area contributed by atoms with Crippen LogP contribution in [0.1, 0.15) is 48.2 Å². The summed E-state index contributed by atoms with van der Waals surface area (Å²) in [4.78, 5) is 48.0. The number of amides is 2. The number of hydrogen-bond donors (Lipinski definition) is 2. The molecule has 0 radical (unpaired) electrons. The summed E-state index contributed by atoms with van der Waals surface area (Å²) in [5.41, 5.74) is 3.34. The first-order valence-electron chi connectivity index (χ1n) is 10.8. The standard InChI is InChI=1S/C25H29BrN2O6/c1-15(2)13-34-25(32)18-5-7-19(8-6-18)27-22(29)9-10-24(31)33-14-23(30)28-21-12-16(3)20(26)11-17(21)4/h5-8,11-12,15H,9-10,13-14H2,1-4H3,(H,27,29)(H,28,30). The topological polar surface area (TPSA) is 111 Å². The zero-order chi connectivity index (χ0) is 25.3. The van der Waals surface area contributed by atoms with Crippen molar-refractivity contribution in [1.82, 2.24) is 0 Å². The normalized spacial score (nSPS) is 10.5. The first-order valence-corrected chi connectivity index (χ1v) is 11.6. The second-order valence-electron chi connectivity index (χ2n) is 8.24. The SMILES string of the molecule is Cc1cc(NC(=O)COC(=O)CCC(=O)Nc2ccc(C(=O)OCC(C)C)cc2)c(C)cc1Br. The number of halogens is 1. The number of ether oxygens (including phenoxy) is 2. The zero-order valence-corrected chi connectivity index (χ0v) is 21.3. The lowest BCUT2D eigenvalue weighted by Crippen LogP contribution is -2.22. The van der Waals surface area contributed by atoms with E-state index >= 15 is 0 Å². The Morgan fingerprint density at radius 1 is 0.882 bits per heavy atom. The minimum atomic E-state index is -0.655. The molecule has 2 aromatic rings. The Morgan fingerprint density at radius 3 is 2.21 bits per heavy atom. The van der Waals surface area contributed by atoms with Gasteiger partial charge < -0.3 is 20.1 Å². The quantitative estimate of drug-likeness (QED) is 0.426. The Hall–Kier alpha value is -3.20. The summed E-state index contributed by atoms with van der Waals surface area (Å²) >= 11 is 3.43. The highest BCUT2D eigenvalue weighted by atomic mass is 79.9. The van der Waals surface area contributed by atoms with E-state index in [9.17, 15) is 19.2 Å². The fraction of sp³-hybridized carbons (Fsp3) is 0.360. The highest BCUT2D eigenvalue weighted by molar-refractivity contribution is 9.10. The van der Waals surface area contributed by atoms with Gasteiger partial charge in [0.2, 0.25) is 5.91 Å². The molecule has 0 aromatic heterocycles. The lowest BCUT2D eigenvalue weighted by atomic mass is 10.1. The van der Waals surface area contributed by atoms with Gasteiger partial charge in [0, 0.05) is 22.3 Å². The molecule has 0 bridgehead atoms. The number of hydrogen-bond acceptors (Lipinski definition) is 6. The van der Waals surface area contributed by atoms with Crippen molar-refractivity contribution in [3.8, 4) is 0 Å². The number of benzene rings is 2. The summed E-state index contributed by atoms with van der Waals surface area (Å²) in [5.74, 6) is -1.70. The monoisotopic (exact) mass is 532 g/mol. The Morgan fingerprint density at radius 2 is 1.56 bits per heavy atom. The van der Waals surface area contributed by atoms with E-state index in [1.807, 2.05) is 39.8 Å². The predicted molar refractivity (Wildman–Crippen MR) is 133 cm³/mol. The molecule has 2 amide bonds. The van der Waals surface area contributed by atoms with Gasteiger partial charge in [-0.1, -0.05) is 29.8 Å². The van der Waals surface area contributed by atoms with Crippen LogP contribution in [0.5, 0.6) is 0 Å². The van der Waals surface area contributed by atoms with Gasteiger partial charge in [-0.15, -0.1) is 0 Å². The second-order valence-corrected chi connectivity index (χ2v) is 9.10. The van der Waals surface area contributed by atoms with Crippen molar-refractivity contribution in [1.29, 1.82) is 0 Å². The maximum atomic E-state index is 12.1. The molecule has 2 rings (SSSR count). The molecular formula is C25H29BrN2O6. The number of rotatable bonds is 10. The van der Waals surface area contributed by atoms with E-state index in [-0.39, 0.29) is 18.8 Å². The number of carbonyl (C=O) groups is 4. The van der Waals surface area contributed by atoms with Crippen molar-refractivity contribution >= 4 is 51.1 Å². The Labute approximate surface area is 207 Å². The smallest absolute Gasteiger partial charge is 0.338 e. The second kappa shape index (κ2) is 12.9. The van der Waals surface area contributed by atoms with Crippen LogP contribution in [0.15, 0.2) is 40.9 Å². The molecule has 0 heterocycles. The molecule has 2 N–H and O–H groups in total. The molecule has 0 aliphatic carbocycles. The van der Waals surface area contributed by atoms with E-state index in [4.69, 9.17) is 9.47 Å². The largest absolute Gasteiger partial charge is 0.462 e. The van der Waals surface area contributed by atoms with Gasteiger partial charge in [0.15, 0.2) is 6.61 Å². The molecule has 34 heavy (non-hydrogen) atoms. The number of aryl methyl sites for hydroxylation is 2. The van der Waals surface area contributed by atoms with Crippen LogP contribution in [0, 0.1) is 19.8 Å². The maximum absolute atomic E-state index is 12.1. The molecule has 0 fully saturated rings. The van der Waals surface area contributed by atoms with Crippen LogP contribution in [-0.4, -0.2) is 37.0 Å². The molecule has 8 nitrogen and oxygen atoms in total. The fourth-order valence-corrected chi connectivity index (χ4v) is 3.23. The van der Waals surface area contributed by atoms with Gasteiger partial charge in [0.25, 0.3) is 5.91 Å².